The number of aryl methyl sites for hydroxylation is 3. The molecule has 4 heterocycles. The monoisotopic (exact) mass is 652 g/mol. The molecule has 0 amide bonds. The maximum absolute atomic E-state index is 15.4. The molecule has 11 heteroatoms. The standard InChI is InChI=1S/C36H37FN6O3S/c1-5-24(44)11-10-16-41(3)33-15-9-14-32(40-33)39-29-17-22(21-42(4)35(29)45)27-18-23(37)19-30(25(27)6-2)43-36(46)34-28(20-38-43)26-12-7-8-13-31(26)47-34/h5,9,14-15,17-21H,1,6-8,10-13,16H2,2-4H3,(H,39,40). The Kier molecular flexibility index (Phi) is 9.17. The van der Waals surface area contributed by atoms with Crippen molar-refractivity contribution in [3.8, 4) is 16.8 Å². The van der Waals surface area contributed by atoms with Crippen molar-refractivity contribution in [2.24, 2.45) is 7.05 Å². The van der Waals surface area contributed by atoms with E-state index in [1.165, 1.54) is 49.2 Å². The number of ketones is 1. The average molecular weight is 653 g/mol. The van der Waals surface area contributed by atoms with Gasteiger partial charge in [-0.2, -0.15) is 9.78 Å². The quantitative estimate of drug-likeness (QED) is 0.163. The highest BCUT2D eigenvalue weighted by molar-refractivity contribution is 7.19. The fraction of sp³-hybridized carbons (Fsp3) is 0.306. The lowest BCUT2D eigenvalue weighted by Gasteiger charge is -2.19. The number of aromatic nitrogens is 4. The fourth-order valence-corrected chi connectivity index (χ4v) is 7.55. The Morgan fingerprint density at radius 3 is 2.77 bits per heavy atom. The lowest BCUT2D eigenvalue weighted by Crippen LogP contribution is -2.22. The van der Waals surface area contributed by atoms with Crippen LogP contribution in [0.3, 0.4) is 0 Å². The number of anilines is 3. The molecule has 0 spiro atoms. The average Bonchev–Trinajstić information content (AvgIpc) is 3.46. The number of halogens is 1. The van der Waals surface area contributed by atoms with Crippen LogP contribution in [0.2, 0.25) is 0 Å². The van der Waals surface area contributed by atoms with Crippen molar-refractivity contribution in [3.63, 3.8) is 0 Å². The Bertz CT molecular complexity index is 2130. The van der Waals surface area contributed by atoms with E-state index in [1.807, 2.05) is 31.0 Å². The second-order valence-corrected chi connectivity index (χ2v) is 13.0. The van der Waals surface area contributed by atoms with Crippen LogP contribution in [0, 0.1) is 5.82 Å². The zero-order valence-corrected chi connectivity index (χ0v) is 27.6. The maximum atomic E-state index is 15.4. The summed E-state index contributed by atoms with van der Waals surface area (Å²) < 4.78 is 18.8. The maximum Gasteiger partial charge on any atom is 0.289 e. The summed E-state index contributed by atoms with van der Waals surface area (Å²) in [6.45, 7) is 6.09. The largest absolute Gasteiger partial charge is 0.360 e. The van der Waals surface area contributed by atoms with Crippen LogP contribution in [0.15, 0.2) is 71.0 Å². The summed E-state index contributed by atoms with van der Waals surface area (Å²) in [7, 11) is 3.53. The minimum absolute atomic E-state index is 0.000542. The summed E-state index contributed by atoms with van der Waals surface area (Å²) in [5.74, 6) is 0.629. The van der Waals surface area contributed by atoms with Gasteiger partial charge in [-0.15, -0.1) is 11.3 Å². The van der Waals surface area contributed by atoms with E-state index >= 15 is 4.39 Å². The number of hydrogen-bond acceptors (Lipinski definition) is 8. The minimum atomic E-state index is -0.512. The van der Waals surface area contributed by atoms with Crippen LogP contribution in [0.1, 0.15) is 48.6 Å². The SMILES string of the molecule is C=CC(=O)CCCN(C)c1cccc(Nc2cc(-c3cc(F)cc(-n4ncc5c6c(sc5c4=O)CCCC6)c3CC)cn(C)c2=O)n1. The molecule has 1 aromatic carbocycles. The number of rotatable bonds is 11. The van der Waals surface area contributed by atoms with Gasteiger partial charge in [0.2, 0.25) is 0 Å². The van der Waals surface area contributed by atoms with Gasteiger partial charge in [0.1, 0.15) is 27.8 Å². The third-order valence-electron chi connectivity index (χ3n) is 8.70. The third kappa shape index (κ3) is 6.40. The molecular weight excluding hydrogens is 616 g/mol. The highest BCUT2D eigenvalue weighted by Crippen LogP contribution is 2.35. The summed E-state index contributed by atoms with van der Waals surface area (Å²) in [6.07, 6.45) is 10.4. The van der Waals surface area contributed by atoms with Gasteiger partial charge in [0.05, 0.1) is 11.9 Å². The second kappa shape index (κ2) is 13.4. The number of allylic oxidation sites excluding steroid dienone is 1. The molecule has 0 saturated heterocycles. The summed E-state index contributed by atoms with van der Waals surface area (Å²) >= 11 is 1.53. The molecule has 0 fully saturated rings. The first-order valence-corrected chi connectivity index (χ1v) is 16.7. The van der Waals surface area contributed by atoms with E-state index in [0.29, 0.717) is 59.0 Å². The van der Waals surface area contributed by atoms with Crippen LogP contribution in [-0.4, -0.2) is 38.7 Å². The van der Waals surface area contributed by atoms with Gasteiger partial charge in [0.15, 0.2) is 5.78 Å². The van der Waals surface area contributed by atoms with Gasteiger partial charge in [-0.1, -0.05) is 19.6 Å². The molecule has 0 unspecified atom stereocenters. The van der Waals surface area contributed by atoms with E-state index in [1.54, 1.807) is 31.6 Å². The van der Waals surface area contributed by atoms with E-state index in [4.69, 9.17) is 0 Å². The van der Waals surface area contributed by atoms with Gasteiger partial charge in [0.25, 0.3) is 11.1 Å². The number of fused-ring (bicyclic) bond motifs is 3. The summed E-state index contributed by atoms with van der Waals surface area (Å²) in [6, 6.07) is 9.94. The smallest absolute Gasteiger partial charge is 0.289 e. The first-order valence-electron chi connectivity index (χ1n) is 15.8. The summed E-state index contributed by atoms with van der Waals surface area (Å²) in [5, 5.41) is 8.60. The number of pyridine rings is 2. The van der Waals surface area contributed by atoms with Crippen molar-refractivity contribution in [3.05, 3.63) is 104 Å². The van der Waals surface area contributed by atoms with Crippen molar-refractivity contribution in [1.29, 1.82) is 0 Å². The van der Waals surface area contributed by atoms with Gasteiger partial charge in [-0.05, 0) is 85.6 Å². The molecule has 0 radical (unpaired) electrons. The van der Waals surface area contributed by atoms with Crippen molar-refractivity contribution in [1.82, 2.24) is 19.3 Å². The van der Waals surface area contributed by atoms with Crippen LogP contribution in [0.25, 0.3) is 26.9 Å². The lowest BCUT2D eigenvalue weighted by molar-refractivity contribution is -0.114. The Balaban J connectivity index is 1.36. The Morgan fingerprint density at radius 2 is 1.98 bits per heavy atom. The molecular formula is C36H37FN6O3S. The van der Waals surface area contributed by atoms with Gasteiger partial charge in [0, 0.05) is 55.2 Å². The van der Waals surface area contributed by atoms with Crippen LogP contribution >= 0.6 is 11.3 Å². The molecule has 1 aliphatic carbocycles. The minimum Gasteiger partial charge on any atom is -0.360 e. The molecule has 6 rings (SSSR count). The summed E-state index contributed by atoms with van der Waals surface area (Å²) in [5.41, 5.74) is 3.25. The van der Waals surface area contributed by atoms with E-state index in [0.717, 1.165) is 36.6 Å². The van der Waals surface area contributed by atoms with Crippen molar-refractivity contribution in [2.75, 3.05) is 23.8 Å². The molecule has 5 aromatic rings. The molecule has 1 aliphatic rings. The Hall–Kier alpha value is -4.90. The van der Waals surface area contributed by atoms with Gasteiger partial charge < -0.3 is 14.8 Å². The third-order valence-corrected chi connectivity index (χ3v) is 10.00. The van der Waals surface area contributed by atoms with Crippen molar-refractivity contribution >= 4 is 44.5 Å². The predicted molar refractivity (Wildman–Crippen MR) is 187 cm³/mol. The van der Waals surface area contributed by atoms with Crippen LogP contribution < -0.4 is 21.3 Å². The predicted octanol–water partition coefficient (Wildman–Crippen LogP) is 6.50. The number of nitrogens with one attached hydrogen (secondary N) is 1. The molecule has 1 N–H and O–H groups in total. The Morgan fingerprint density at radius 1 is 1.17 bits per heavy atom. The van der Waals surface area contributed by atoms with Crippen LogP contribution in [-0.2, 0) is 31.1 Å². The first kappa shape index (κ1) is 32.1. The molecule has 242 valence electrons. The Labute approximate surface area is 276 Å². The highest BCUT2D eigenvalue weighted by Gasteiger charge is 2.22. The highest BCUT2D eigenvalue weighted by atomic mass is 32.1. The molecule has 0 saturated carbocycles. The van der Waals surface area contributed by atoms with Gasteiger partial charge in [-0.25, -0.2) is 9.37 Å². The molecule has 47 heavy (non-hydrogen) atoms. The van der Waals surface area contributed by atoms with Gasteiger partial charge >= 0.3 is 0 Å². The van der Waals surface area contributed by atoms with E-state index < -0.39 is 5.82 Å². The van der Waals surface area contributed by atoms with E-state index in [2.05, 4.69) is 22.0 Å². The number of carbonyl (C=O) groups excluding carboxylic acids is 1. The first-order chi connectivity index (χ1) is 22.7. The molecule has 0 atom stereocenters. The van der Waals surface area contributed by atoms with Crippen molar-refractivity contribution in [2.45, 2.75) is 51.9 Å². The molecule has 0 aliphatic heterocycles. The lowest BCUT2D eigenvalue weighted by atomic mass is 9.96. The van der Waals surface area contributed by atoms with Crippen LogP contribution in [0.4, 0.5) is 21.7 Å². The number of thiophene rings is 1. The molecule has 9 nitrogen and oxygen atoms in total. The fourth-order valence-electron chi connectivity index (χ4n) is 6.26. The topological polar surface area (TPSA) is 102 Å². The zero-order chi connectivity index (χ0) is 33.2. The normalized spacial score (nSPS) is 12.6. The number of benzene rings is 1. The van der Waals surface area contributed by atoms with E-state index in [9.17, 15) is 14.4 Å². The van der Waals surface area contributed by atoms with Crippen LogP contribution in [0.5, 0.6) is 0 Å². The van der Waals surface area contributed by atoms with Gasteiger partial charge in [-0.3, -0.25) is 14.4 Å². The molecule has 0 bridgehead atoms. The summed E-state index contributed by atoms with van der Waals surface area (Å²) in [4.78, 5) is 46.5. The number of hydrogen-bond donors (Lipinski definition) is 1. The molecule has 4 aromatic heterocycles. The second-order valence-electron chi connectivity index (χ2n) is 11.9. The van der Waals surface area contributed by atoms with E-state index in [-0.39, 0.29) is 22.6 Å². The number of carbonyl (C=O) groups is 1. The zero-order valence-electron chi connectivity index (χ0n) is 26.8. The van der Waals surface area contributed by atoms with Crippen molar-refractivity contribution < 1.29 is 9.18 Å². The number of nitrogens with zero attached hydrogens (tertiary/aromatic N) is 5.